The Morgan fingerprint density at radius 2 is 1.50 bits per heavy atom. The largest absolute Gasteiger partial charge is 0.445 e. The maximum atomic E-state index is 13.8. The predicted molar refractivity (Wildman–Crippen MR) is 191 cm³/mol. The van der Waals surface area contributed by atoms with Crippen molar-refractivity contribution in [2.24, 2.45) is 5.92 Å². The van der Waals surface area contributed by atoms with Crippen LogP contribution in [0.3, 0.4) is 0 Å². The summed E-state index contributed by atoms with van der Waals surface area (Å²) in [4.78, 5) is 49.7. The topological polar surface area (TPSA) is 172 Å². The molecule has 2 aromatic heterocycles. The minimum Gasteiger partial charge on any atom is -0.445 e. The first kappa shape index (κ1) is 37.3. The van der Waals surface area contributed by atoms with E-state index < -0.39 is 42.3 Å². The number of rotatable bonds is 16. The Labute approximate surface area is 293 Å². The minimum absolute atomic E-state index is 0.0426. The molecule has 0 fully saturated rings. The van der Waals surface area contributed by atoms with Crippen LogP contribution in [0.25, 0.3) is 0 Å². The van der Waals surface area contributed by atoms with Gasteiger partial charge in [-0.15, -0.1) is 0 Å². The molecule has 264 valence electrons. The summed E-state index contributed by atoms with van der Waals surface area (Å²) in [5.74, 6) is -0.700. The molecule has 0 aliphatic heterocycles. The number of ether oxygens (including phenoxy) is 1. The van der Waals surface area contributed by atoms with E-state index in [9.17, 15) is 19.5 Å². The molecule has 0 aliphatic rings. The van der Waals surface area contributed by atoms with Gasteiger partial charge in [0.05, 0.1) is 36.3 Å². The van der Waals surface area contributed by atoms with E-state index in [-0.39, 0.29) is 25.5 Å². The number of hydrogen-bond donors (Lipinski definition) is 5. The van der Waals surface area contributed by atoms with Crippen molar-refractivity contribution >= 4 is 23.7 Å². The van der Waals surface area contributed by atoms with Crippen LogP contribution in [0.4, 0.5) is 15.3 Å². The number of alkyl carbamates (subject to hydrolysis) is 1. The molecule has 2 aromatic carbocycles. The van der Waals surface area contributed by atoms with E-state index in [0.29, 0.717) is 24.2 Å². The fourth-order valence-electron chi connectivity index (χ4n) is 5.43. The molecule has 0 spiro atoms. The Kier molecular flexibility index (Phi) is 14.1. The lowest BCUT2D eigenvalue weighted by Gasteiger charge is -2.31. The Hall–Kier alpha value is -5.49. The highest BCUT2D eigenvalue weighted by Gasteiger charge is 2.31. The lowest BCUT2D eigenvalue weighted by molar-refractivity contribution is -0.125. The number of aliphatic hydroxyl groups excluding tert-OH is 1. The number of nitrogens with zero attached hydrogens (tertiary/aromatic N) is 3. The highest BCUT2D eigenvalue weighted by molar-refractivity contribution is 5.87. The zero-order valence-corrected chi connectivity index (χ0v) is 28.7. The normalized spacial score (nSPS) is 13.4. The van der Waals surface area contributed by atoms with Gasteiger partial charge in [-0.25, -0.2) is 9.59 Å². The van der Waals surface area contributed by atoms with Gasteiger partial charge in [-0.1, -0.05) is 80.6 Å². The third-order valence-electron chi connectivity index (χ3n) is 8.18. The molecule has 1 unspecified atom stereocenters. The summed E-state index contributed by atoms with van der Waals surface area (Å²) >= 11 is 0. The highest BCUT2D eigenvalue weighted by Crippen LogP contribution is 2.16. The van der Waals surface area contributed by atoms with Gasteiger partial charge in [-0.3, -0.25) is 14.8 Å². The van der Waals surface area contributed by atoms with E-state index in [1.807, 2.05) is 80.6 Å². The van der Waals surface area contributed by atoms with Crippen LogP contribution in [0, 0.1) is 5.92 Å². The number of carbonyl (C=O) groups excluding carboxylic acids is 3. The van der Waals surface area contributed by atoms with Gasteiger partial charge in [0.2, 0.25) is 5.91 Å². The van der Waals surface area contributed by atoms with Crippen LogP contribution in [-0.4, -0.2) is 69.3 Å². The second kappa shape index (κ2) is 18.9. The Morgan fingerprint density at radius 3 is 2.10 bits per heavy atom. The standard InChI is InChI=1S/C38H47N7O5/c1-26(2)35(44-37(48)45(3)24-31-17-16-30(39)23-41-31)36(47)43-33(20-28-13-8-5-9-14-28)34(46)21-32(19-27-11-6-4-7-12-27)42-38(49)50-25-29-15-10-18-40-22-29/h4-18,22-23,26,32-35,46H,19-21,24-25,39H2,1-3H3,(H,42,49)(H,43,47)(H,44,48)/t32-,33-,34-,35?/m0/s1. The first-order valence-corrected chi connectivity index (χ1v) is 16.7. The average Bonchev–Trinajstić information content (AvgIpc) is 3.11. The third-order valence-corrected chi connectivity index (χ3v) is 8.18. The van der Waals surface area contributed by atoms with Crippen LogP contribution in [-0.2, 0) is 35.5 Å². The molecule has 4 amide bonds. The van der Waals surface area contributed by atoms with Gasteiger partial charge in [-0.05, 0) is 54.5 Å². The quantitative estimate of drug-likeness (QED) is 0.117. The highest BCUT2D eigenvalue weighted by atomic mass is 16.5. The Morgan fingerprint density at radius 1 is 0.840 bits per heavy atom. The fraction of sp³-hybridized carbons (Fsp3) is 0.342. The summed E-state index contributed by atoms with van der Waals surface area (Å²) < 4.78 is 5.46. The molecule has 0 aliphatic carbocycles. The molecule has 6 N–H and O–H groups in total. The predicted octanol–water partition coefficient (Wildman–Crippen LogP) is 4.24. The number of benzene rings is 2. The maximum Gasteiger partial charge on any atom is 0.407 e. The number of aliphatic hydroxyl groups is 1. The van der Waals surface area contributed by atoms with Crippen molar-refractivity contribution in [2.45, 2.75) is 70.5 Å². The van der Waals surface area contributed by atoms with Crippen LogP contribution < -0.4 is 21.7 Å². The monoisotopic (exact) mass is 681 g/mol. The van der Waals surface area contributed by atoms with Crippen molar-refractivity contribution in [2.75, 3.05) is 12.8 Å². The summed E-state index contributed by atoms with van der Waals surface area (Å²) in [6.07, 6.45) is 3.93. The van der Waals surface area contributed by atoms with E-state index in [2.05, 4.69) is 25.9 Å². The van der Waals surface area contributed by atoms with Crippen molar-refractivity contribution < 1.29 is 24.2 Å². The molecule has 0 saturated carbocycles. The smallest absolute Gasteiger partial charge is 0.407 e. The molecule has 2 heterocycles. The number of nitrogens with one attached hydrogen (secondary N) is 3. The number of carbonyl (C=O) groups is 3. The number of urea groups is 1. The van der Waals surface area contributed by atoms with Crippen molar-refractivity contribution in [1.29, 1.82) is 0 Å². The molecule has 4 aromatic rings. The molecule has 12 heteroatoms. The van der Waals surface area contributed by atoms with Gasteiger partial charge in [0.15, 0.2) is 0 Å². The minimum atomic E-state index is -1.07. The van der Waals surface area contributed by atoms with E-state index in [4.69, 9.17) is 10.5 Å². The van der Waals surface area contributed by atoms with Crippen LogP contribution in [0.1, 0.15) is 42.7 Å². The Bertz CT molecular complexity index is 1630. The maximum absolute atomic E-state index is 13.8. The molecule has 0 radical (unpaired) electrons. The van der Waals surface area contributed by atoms with Crippen molar-refractivity contribution in [3.8, 4) is 0 Å². The fourth-order valence-corrected chi connectivity index (χ4v) is 5.43. The molecule has 4 rings (SSSR count). The van der Waals surface area contributed by atoms with Crippen molar-refractivity contribution in [3.05, 3.63) is 126 Å². The number of nitrogens with two attached hydrogens (primary N) is 1. The van der Waals surface area contributed by atoms with Gasteiger partial charge in [0.25, 0.3) is 0 Å². The summed E-state index contributed by atoms with van der Waals surface area (Å²) in [5.41, 5.74) is 9.50. The number of aromatic nitrogens is 2. The molecule has 0 bridgehead atoms. The lowest BCUT2D eigenvalue weighted by Crippen LogP contribution is -2.57. The van der Waals surface area contributed by atoms with Gasteiger partial charge in [0.1, 0.15) is 12.6 Å². The lowest BCUT2D eigenvalue weighted by atomic mass is 9.93. The van der Waals surface area contributed by atoms with E-state index >= 15 is 0 Å². The molecule has 4 atom stereocenters. The zero-order valence-electron chi connectivity index (χ0n) is 28.7. The number of pyridine rings is 2. The summed E-state index contributed by atoms with van der Waals surface area (Å²) in [6, 6.07) is 23.5. The zero-order chi connectivity index (χ0) is 35.9. The summed E-state index contributed by atoms with van der Waals surface area (Å²) in [7, 11) is 1.62. The summed E-state index contributed by atoms with van der Waals surface area (Å²) in [6.45, 7) is 3.94. The van der Waals surface area contributed by atoms with Crippen LogP contribution in [0.15, 0.2) is 104 Å². The van der Waals surface area contributed by atoms with Crippen molar-refractivity contribution in [3.63, 3.8) is 0 Å². The molecule has 12 nitrogen and oxygen atoms in total. The van der Waals surface area contributed by atoms with Gasteiger partial charge < -0.3 is 36.4 Å². The first-order valence-electron chi connectivity index (χ1n) is 16.7. The van der Waals surface area contributed by atoms with Crippen molar-refractivity contribution in [1.82, 2.24) is 30.8 Å². The number of hydrogen-bond acceptors (Lipinski definition) is 8. The van der Waals surface area contributed by atoms with Gasteiger partial charge >= 0.3 is 12.1 Å². The third kappa shape index (κ3) is 12.2. The molecule has 50 heavy (non-hydrogen) atoms. The number of nitrogen functional groups attached to an aromatic ring is 1. The molecule has 0 saturated heterocycles. The molecular weight excluding hydrogens is 634 g/mol. The van der Waals surface area contributed by atoms with E-state index in [1.165, 1.54) is 11.1 Å². The molecular formula is C38H47N7O5. The second-order valence-electron chi connectivity index (χ2n) is 12.7. The van der Waals surface area contributed by atoms with E-state index in [1.54, 1.807) is 37.6 Å². The number of anilines is 1. The second-order valence-corrected chi connectivity index (χ2v) is 12.7. The Balaban J connectivity index is 1.47. The van der Waals surface area contributed by atoms with E-state index in [0.717, 1.165) is 16.7 Å². The average molecular weight is 682 g/mol. The summed E-state index contributed by atoms with van der Waals surface area (Å²) in [5, 5.41) is 20.5. The van der Waals surface area contributed by atoms with Gasteiger partial charge in [-0.2, -0.15) is 0 Å². The van der Waals surface area contributed by atoms with Crippen LogP contribution >= 0.6 is 0 Å². The SMILES string of the molecule is CC(C)C(NC(=O)N(C)Cc1ccc(N)cn1)C(=O)N[C@@H](Cc1ccccc1)[C@@H](O)C[C@H](Cc1ccccc1)NC(=O)OCc1cccnc1. The first-order chi connectivity index (χ1) is 24.1. The van der Waals surface area contributed by atoms with Crippen LogP contribution in [0.5, 0.6) is 0 Å². The van der Waals surface area contributed by atoms with Gasteiger partial charge in [0, 0.05) is 31.0 Å². The van der Waals surface area contributed by atoms with Crippen LogP contribution in [0.2, 0.25) is 0 Å². The number of amides is 4.